The lowest BCUT2D eigenvalue weighted by Gasteiger charge is -2.06. The number of halogens is 1. The topological polar surface area (TPSA) is 66.4 Å². The van der Waals surface area contributed by atoms with Crippen LogP contribution < -0.4 is 5.32 Å². The Bertz CT molecular complexity index is 673. The number of carbonyl (C=O) groups is 2. The standard InChI is InChI=1S/C16H14FNO3S/c17-13-3-1-2-4-14(13)18-15(19)10-22-9-11-5-7-12(8-6-11)16(20)21/h1-8H,9-10H2,(H,18,19)(H,20,21). The fourth-order valence-electron chi connectivity index (χ4n) is 1.75. The first-order valence-corrected chi connectivity index (χ1v) is 7.66. The third-order valence-electron chi connectivity index (χ3n) is 2.85. The Labute approximate surface area is 131 Å². The molecule has 0 aliphatic rings. The molecule has 2 rings (SSSR count). The molecule has 2 N–H and O–H groups in total. The van der Waals surface area contributed by atoms with Crippen molar-refractivity contribution in [3.63, 3.8) is 0 Å². The van der Waals surface area contributed by atoms with Gasteiger partial charge >= 0.3 is 5.97 Å². The summed E-state index contributed by atoms with van der Waals surface area (Å²) >= 11 is 1.37. The van der Waals surface area contributed by atoms with Crippen molar-refractivity contribution in [3.8, 4) is 0 Å². The highest BCUT2D eigenvalue weighted by Crippen LogP contribution is 2.16. The Morgan fingerprint density at radius 3 is 2.41 bits per heavy atom. The second-order valence-electron chi connectivity index (χ2n) is 4.52. The highest BCUT2D eigenvalue weighted by atomic mass is 32.2. The van der Waals surface area contributed by atoms with Crippen LogP contribution in [0.25, 0.3) is 0 Å². The van der Waals surface area contributed by atoms with Gasteiger partial charge in [0, 0.05) is 5.75 Å². The van der Waals surface area contributed by atoms with E-state index in [4.69, 9.17) is 5.11 Å². The average Bonchev–Trinajstić information content (AvgIpc) is 2.50. The summed E-state index contributed by atoms with van der Waals surface area (Å²) in [6, 6.07) is 12.5. The van der Waals surface area contributed by atoms with Gasteiger partial charge < -0.3 is 10.4 Å². The van der Waals surface area contributed by atoms with Crippen LogP contribution in [0.15, 0.2) is 48.5 Å². The number of amides is 1. The fraction of sp³-hybridized carbons (Fsp3) is 0.125. The van der Waals surface area contributed by atoms with E-state index in [0.717, 1.165) is 5.56 Å². The number of rotatable bonds is 6. The highest BCUT2D eigenvalue weighted by molar-refractivity contribution is 7.99. The van der Waals surface area contributed by atoms with Crippen LogP contribution in [0.3, 0.4) is 0 Å². The first kappa shape index (κ1) is 16.0. The number of aromatic carboxylic acids is 1. The van der Waals surface area contributed by atoms with Gasteiger partial charge in [0.2, 0.25) is 5.91 Å². The second-order valence-corrected chi connectivity index (χ2v) is 5.51. The molecule has 0 unspecified atom stereocenters. The molecule has 0 heterocycles. The number of carbonyl (C=O) groups excluding carboxylic acids is 1. The maximum Gasteiger partial charge on any atom is 0.335 e. The summed E-state index contributed by atoms with van der Waals surface area (Å²) in [7, 11) is 0. The highest BCUT2D eigenvalue weighted by Gasteiger charge is 2.07. The monoisotopic (exact) mass is 319 g/mol. The van der Waals surface area contributed by atoms with Gasteiger partial charge in [-0.05, 0) is 29.8 Å². The lowest BCUT2D eigenvalue weighted by atomic mass is 10.1. The van der Waals surface area contributed by atoms with Gasteiger partial charge in [-0.25, -0.2) is 9.18 Å². The van der Waals surface area contributed by atoms with Gasteiger partial charge in [-0.3, -0.25) is 4.79 Å². The van der Waals surface area contributed by atoms with E-state index in [1.165, 1.54) is 36.0 Å². The number of hydrogen-bond donors (Lipinski definition) is 2. The molecule has 0 saturated carbocycles. The quantitative estimate of drug-likeness (QED) is 0.856. The van der Waals surface area contributed by atoms with Gasteiger partial charge in [0.05, 0.1) is 17.0 Å². The molecule has 0 bridgehead atoms. The molecule has 0 aliphatic heterocycles. The van der Waals surface area contributed by atoms with Crippen molar-refractivity contribution >= 4 is 29.3 Å². The van der Waals surface area contributed by atoms with Crippen molar-refractivity contribution in [3.05, 3.63) is 65.5 Å². The van der Waals surface area contributed by atoms with Gasteiger partial charge in [-0.2, -0.15) is 0 Å². The van der Waals surface area contributed by atoms with E-state index in [1.54, 1.807) is 24.3 Å². The molecule has 0 aromatic heterocycles. The molecule has 4 nitrogen and oxygen atoms in total. The molecule has 1 amide bonds. The zero-order valence-corrected chi connectivity index (χ0v) is 12.4. The van der Waals surface area contributed by atoms with Crippen molar-refractivity contribution in [2.24, 2.45) is 0 Å². The molecule has 2 aromatic rings. The molecule has 0 fully saturated rings. The van der Waals surface area contributed by atoms with Crippen LogP contribution in [0.2, 0.25) is 0 Å². The van der Waals surface area contributed by atoms with Crippen molar-refractivity contribution < 1.29 is 19.1 Å². The number of carboxylic acids is 1. The minimum Gasteiger partial charge on any atom is -0.478 e. The van der Waals surface area contributed by atoms with E-state index in [9.17, 15) is 14.0 Å². The van der Waals surface area contributed by atoms with Crippen LogP contribution in [0.1, 0.15) is 15.9 Å². The van der Waals surface area contributed by atoms with E-state index in [0.29, 0.717) is 5.75 Å². The van der Waals surface area contributed by atoms with Gasteiger partial charge in [0.15, 0.2) is 0 Å². The summed E-state index contributed by atoms with van der Waals surface area (Å²) in [5, 5.41) is 11.3. The average molecular weight is 319 g/mol. The maximum atomic E-state index is 13.4. The Morgan fingerprint density at radius 2 is 1.77 bits per heavy atom. The van der Waals surface area contributed by atoms with Gasteiger partial charge in [-0.1, -0.05) is 24.3 Å². The third kappa shape index (κ3) is 4.60. The predicted octanol–water partition coefficient (Wildman–Crippen LogP) is 3.40. The minimum atomic E-state index is -0.969. The normalized spacial score (nSPS) is 10.2. The molecular formula is C16H14FNO3S. The van der Waals surface area contributed by atoms with E-state index in [2.05, 4.69) is 5.32 Å². The predicted molar refractivity (Wildman–Crippen MR) is 84.6 cm³/mol. The zero-order chi connectivity index (χ0) is 15.9. The van der Waals surface area contributed by atoms with Crippen LogP contribution >= 0.6 is 11.8 Å². The maximum absolute atomic E-state index is 13.4. The van der Waals surface area contributed by atoms with Crippen molar-refractivity contribution in [2.75, 3.05) is 11.1 Å². The minimum absolute atomic E-state index is 0.166. The summed E-state index contributed by atoms with van der Waals surface area (Å²) in [6.07, 6.45) is 0. The zero-order valence-electron chi connectivity index (χ0n) is 11.6. The van der Waals surface area contributed by atoms with Crippen molar-refractivity contribution in [1.29, 1.82) is 0 Å². The summed E-state index contributed by atoms with van der Waals surface area (Å²) in [6.45, 7) is 0. The summed E-state index contributed by atoms with van der Waals surface area (Å²) < 4.78 is 13.4. The molecule has 0 spiro atoms. The summed E-state index contributed by atoms with van der Waals surface area (Å²) in [4.78, 5) is 22.4. The van der Waals surface area contributed by atoms with Crippen LogP contribution in [-0.4, -0.2) is 22.7 Å². The van der Waals surface area contributed by atoms with E-state index >= 15 is 0 Å². The van der Waals surface area contributed by atoms with Gasteiger partial charge in [0.1, 0.15) is 5.82 Å². The van der Waals surface area contributed by atoms with Crippen LogP contribution in [-0.2, 0) is 10.5 Å². The smallest absolute Gasteiger partial charge is 0.335 e. The van der Waals surface area contributed by atoms with E-state index < -0.39 is 11.8 Å². The van der Waals surface area contributed by atoms with E-state index in [1.807, 2.05) is 0 Å². The Balaban J connectivity index is 1.79. The van der Waals surface area contributed by atoms with Crippen LogP contribution in [0, 0.1) is 5.82 Å². The SMILES string of the molecule is O=C(CSCc1ccc(C(=O)O)cc1)Nc1ccccc1F. The number of benzene rings is 2. The van der Waals surface area contributed by atoms with E-state index in [-0.39, 0.29) is 22.9 Å². The van der Waals surface area contributed by atoms with Gasteiger partial charge in [0.25, 0.3) is 0 Å². The number of nitrogens with one attached hydrogen (secondary N) is 1. The molecule has 2 aromatic carbocycles. The van der Waals surface area contributed by atoms with Crippen molar-refractivity contribution in [2.45, 2.75) is 5.75 Å². The molecule has 0 radical (unpaired) electrons. The number of anilines is 1. The Hall–Kier alpha value is -2.34. The number of hydrogen-bond acceptors (Lipinski definition) is 3. The molecule has 0 atom stereocenters. The molecule has 114 valence electrons. The van der Waals surface area contributed by atoms with Crippen molar-refractivity contribution in [1.82, 2.24) is 0 Å². The number of para-hydroxylation sites is 1. The largest absolute Gasteiger partial charge is 0.478 e. The van der Waals surface area contributed by atoms with Crippen LogP contribution in [0.5, 0.6) is 0 Å². The Kier molecular flexibility index (Phi) is 5.55. The van der Waals surface area contributed by atoms with Gasteiger partial charge in [-0.15, -0.1) is 11.8 Å². The lowest BCUT2D eigenvalue weighted by molar-refractivity contribution is -0.113. The molecule has 6 heteroatoms. The molecule has 0 saturated heterocycles. The molecule has 22 heavy (non-hydrogen) atoms. The molecule has 0 aliphatic carbocycles. The fourth-order valence-corrected chi connectivity index (χ4v) is 2.54. The number of carboxylic acid groups (broad SMARTS) is 1. The lowest BCUT2D eigenvalue weighted by Crippen LogP contribution is -2.15. The van der Waals surface area contributed by atoms with Crippen LogP contribution in [0.4, 0.5) is 10.1 Å². The summed E-state index contributed by atoms with van der Waals surface area (Å²) in [5.74, 6) is -0.953. The number of thioether (sulfide) groups is 1. The first-order valence-electron chi connectivity index (χ1n) is 6.50. The molecular weight excluding hydrogens is 305 g/mol. The summed E-state index contributed by atoms with van der Waals surface area (Å²) in [5.41, 5.74) is 1.32. The first-order chi connectivity index (χ1) is 10.6. The third-order valence-corrected chi connectivity index (χ3v) is 3.85. The Morgan fingerprint density at radius 1 is 1.09 bits per heavy atom. The second kappa shape index (κ2) is 7.61.